The third-order valence-electron chi connectivity index (χ3n) is 5.65. The normalized spacial score (nSPS) is 11.3. The smallest absolute Gasteiger partial charge is 0.211 e. The van der Waals surface area contributed by atoms with Crippen LogP contribution in [0.3, 0.4) is 0 Å². The molecule has 0 aliphatic rings. The number of rotatable bonds is 1. The Hall–Kier alpha value is -4.54. The predicted octanol–water partition coefficient (Wildman–Crippen LogP) is 7.11. The number of furan rings is 1. The molecular weight excluding hydrogens is 370 g/mol. The number of fused-ring (bicyclic) bond motifs is 6. The number of benzene rings is 4. The largest absolute Gasteiger partial charge is 0.456 e. The van der Waals surface area contributed by atoms with E-state index in [4.69, 9.17) is 11.0 Å². The molecule has 4 nitrogen and oxygen atoms in total. The van der Waals surface area contributed by atoms with Crippen molar-refractivity contribution in [2.75, 3.05) is 0 Å². The first kappa shape index (κ1) is 16.4. The first-order valence-electron chi connectivity index (χ1n) is 9.55. The molecule has 2 aromatic heterocycles. The highest BCUT2D eigenvalue weighted by atomic mass is 16.3. The lowest BCUT2D eigenvalue weighted by Gasteiger charge is -2.11. The Bertz CT molecular complexity index is 1690. The lowest BCUT2D eigenvalue weighted by Crippen LogP contribution is -1.97. The zero-order valence-corrected chi connectivity index (χ0v) is 15.8. The van der Waals surface area contributed by atoms with E-state index in [0.29, 0.717) is 16.9 Å². The molecule has 30 heavy (non-hydrogen) atoms. The standard InChI is InChI=1S/C26H13N3O/c1-28-21-10-6-7-16(15-27)26(21)29-22-11-4-2-8-17(22)19-13-20-18-9-3-5-12-24(18)30-25(20)14-23(19)29/h2-14H. The first-order chi connectivity index (χ1) is 14.8. The number of nitrogens with zero attached hydrogens (tertiary/aromatic N) is 3. The minimum atomic E-state index is 0.446. The van der Waals surface area contributed by atoms with Crippen LogP contribution in [0.5, 0.6) is 0 Å². The fourth-order valence-electron chi connectivity index (χ4n) is 4.38. The maximum absolute atomic E-state index is 9.76. The first-order valence-corrected chi connectivity index (χ1v) is 9.55. The second-order valence-electron chi connectivity index (χ2n) is 7.21. The Balaban J connectivity index is 1.87. The van der Waals surface area contributed by atoms with Crippen molar-refractivity contribution < 1.29 is 4.42 Å². The highest BCUT2D eigenvalue weighted by Crippen LogP contribution is 2.40. The van der Waals surface area contributed by atoms with Gasteiger partial charge >= 0.3 is 0 Å². The van der Waals surface area contributed by atoms with Gasteiger partial charge in [0.05, 0.1) is 34.9 Å². The van der Waals surface area contributed by atoms with E-state index in [-0.39, 0.29) is 0 Å². The maximum atomic E-state index is 9.76. The summed E-state index contributed by atoms with van der Waals surface area (Å²) in [5.74, 6) is 0. The number of hydrogen-bond acceptors (Lipinski definition) is 2. The van der Waals surface area contributed by atoms with Crippen molar-refractivity contribution in [3.05, 3.63) is 95.8 Å². The highest BCUT2D eigenvalue weighted by Gasteiger charge is 2.19. The third kappa shape index (κ3) is 2.08. The van der Waals surface area contributed by atoms with Crippen molar-refractivity contribution in [2.45, 2.75) is 0 Å². The van der Waals surface area contributed by atoms with E-state index in [1.54, 1.807) is 18.2 Å². The summed E-state index contributed by atoms with van der Waals surface area (Å²) in [6.07, 6.45) is 0. The van der Waals surface area contributed by atoms with Gasteiger partial charge in [0.15, 0.2) is 0 Å². The van der Waals surface area contributed by atoms with Crippen LogP contribution in [0.25, 0.3) is 54.3 Å². The van der Waals surface area contributed by atoms with E-state index in [2.05, 4.69) is 29.1 Å². The van der Waals surface area contributed by atoms with Gasteiger partial charge in [-0.25, -0.2) is 4.85 Å². The van der Waals surface area contributed by atoms with Crippen molar-refractivity contribution in [3.63, 3.8) is 0 Å². The summed E-state index contributed by atoms with van der Waals surface area (Å²) in [6.45, 7) is 7.66. The van der Waals surface area contributed by atoms with E-state index < -0.39 is 0 Å². The van der Waals surface area contributed by atoms with E-state index in [0.717, 1.165) is 43.7 Å². The average Bonchev–Trinajstić information content (AvgIpc) is 3.31. The molecular formula is C26H13N3O. The van der Waals surface area contributed by atoms with Gasteiger partial charge in [-0.2, -0.15) is 5.26 Å². The molecule has 0 atom stereocenters. The van der Waals surface area contributed by atoms with Crippen molar-refractivity contribution in [1.29, 1.82) is 5.26 Å². The molecule has 0 N–H and O–H groups in total. The second kappa shape index (κ2) is 5.98. The van der Waals surface area contributed by atoms with Crippen LogP contribution in [0.2, 0.25) is 0 Å². The number of para-hydroxylation sites is 3. The van der Waals surface area contributed by atoms with Crippen molar-refractivity contribution in [3.8, 4) is 11.8 Å². The fourth-order valence-corrected chi connectivity index (χ4v) is 4.38. The molecule has 4 heteroatoms. The average molecular weight is 383 g/mol. The molecule has 0 unspecified atom stereocenters. The summed E-state index contributed by atoms with van der Waals surface area (Å²) in [5.41, 5.74) is 5.02. The van der Waals surface area contributed by atoms with Gasteiger partial charge in [0.25, 0.3) is 0 Å². The SMILES string of the molecule is [C-]#[N+]c1cccc(C#N)c1-n1c2ccccc2c2cc3c(cc21)oc1ccccc13. The van der Waals surface area contributed by atoms with E-state index in [1.165, 1.54) is 0 Å². The number of nitriles is 1. The zero-order valence-electron chi connectivity index (χ0n) is 15.8. The summed E-state index contributed by atoms with van der Waals surface area (Å²) in [6, 6.07) is 27.8. The maximum Gasteiger partial charge on any atom is 0.211 e. The minimum Gasteiger partial charge on any atom is -0.456 e. The topological polar surface area (TPSA) is 46.2 Å². The molecule has 138 valence electrons. The van der Waals surface area contributed by atoms with Gasteiger partial charge < -0.3 is 8.98 Å². The van der Waals surface area contributed by atoms with Gasteiger partial charge in [0.2, 0.25) is 5.69 Å². The van der Waals surface area contributed by atoms with Crippen molar-refractivity contribution in [2.24, 2.45) is 0 Å². The van der Waals surface area contributed by atoms with Gasteiger partial charge in [0.1, 0.15) is 11.2 Å². The molecule has 4 aromatic carbocycles. The molecule has 0 aliphatic carbocycles. The van der Waals surface area contributed by atoms with Crippen LogP contribution in [0, 0.1) is 17.9 Å². The van der Waals surface area contributed by atoms with Gasteiger partial charge in [-0.1, -0.05) is 48.5 Å². The van der Waals surface area contributed by atoms with Crippen LogP contribution in [0.4, 0.5) is 5.69 Å². The van der Waals surface area contributed by atoms with Crippen molar-refractivity contribution in [1.82, 2.24) is 4.57 Å². The van der Waals surface area contributed by atoms with Gasteiger partial charge in [-0.05, 0) is 24.3 Å². The summed E-state index contributed by atoms with van der Waals surface area (Å²) in [4.78, 5) is 3.70. The lowest BCUT2D eigenvalue weighted by molar-refractivity contribution is 0.669. The quantitative estimate of drug-likeness (QED) is 0.284. The molecule has 0 fully saturated rings. The van der Waals surface area contributed by atoms with Gasteiger partial charge in [-0.15, -0.1) is 0 Å². The molecule has 0 aliphatic heterocycles. The van der Waals surface area contributed by atoms with Crippen LogP contribution in [0.1, 0.15) is 5.56 Å². The third-order valence-corrected chi connectivity index (χ3v) is 5.65. The number of aromatic nitrogens is 1. The molecule has 6 aromatic rings. The molecule has 6 rings (SSSR count). The van der Waals surface area contributed by atoms with Crippen LogP contribution in [-0.4, -0.2) is 4.57 Å². The molecule has 0 spiro atoms. The molecule has 0 amide bonds. The predicted molar refractivity (Wildman–Crippen MR) is 119 cm³/mol. The van der Waals surface area contributed by atoms with Gasteiger partial charge in [0, 0.05) is 27.6 Å². The Morgan fingerprint density at radius 1 is 0.767 bits per heavy atom. The summed E-state index contributed by atoms with van der Waals surface area (Å²) >= 11 is 0. The Kier molecular flexibility index (Phi) is 3.27. The molecule has 0 bridgehead atoms. The molecule has 0 saturated heterocycles. The molecule has 2 heterocycles. The Morgan fingerprint density at radius 3 is 2.40 bits per heavy atom. The molecule has 0 radical (unpaired) electrons. The van der Waals surface area contributed by atoms with Gasteiger partial charge in [-0.3, -0.25) is 0 Å². The van der Waals surface area contributed by atoms with Crippen LogP contribution in [0.15, 0.2) is 83.3 Å². The summed E-state index contributed by atoms with van der Waals surface area (Å²) in [7, 11) is 0. The minimum absolute atomic E-state index is 0.446. The summed E-state index contributed by atoms with van der Waals surface area (Å²) < 4.78 is 8.14. The Morgan fingerprint density at radius 2 is 1.57 bits per heavy atom. The van der Waals surface area contributed by atoms with Crippen molar-refractivity contribution >= 4 is 49.4 Å². The van der Waals surface area contributed by atoms with Crippen LogP contribution in [-0.2, 0) is 0 Å². The lowest BCUT2D eigenvalue weighted by atomic mass is 10.1. The molecule has 0 saturated carbocycles. The highest BCUT2D eigenvalue weighted by molar-refractivity contribution is 6.17. The van der Waals surface area contributed by atoms with Crippen LogP contribution >= 0.6 is 0 Å². The fraction of sp³-hybridized carbons (Fsp3) is 0. The Labute approximate surface area is 171 Å². The second-order valence-corrected chi connectivity index (χ2v) is 7.21. The van der Waals surface area contributed by atoms with E-state index in [9.17, 15) is 5.26 Å². The monoisotopic (exact) mass is 383 g/mol. The zero-order chi connectivity index (χ0) is 20.2. The number of hydrogen-bond donors (Lipinski definition) is 0. The van der Waals surface area contributed by atoms with E-state index >= 15 is 0 Å². The summed E-state index contributed by atoms with van der Waals surface area (Å²) in [5, 5.41) is 14.0. The van der Waals surface area contributed by atoms with E-state index in [1.807, 2.05) is 47.0 Å². The van der Waals surface area contributed by atoms with Crippen LogP contribution < -0.4 is 0 Å².